The van der Waals surface area contributed by atoms with Crippen molar-refractivity contribution in [3.63, 3.8) is 0 Å². The number of thiazole rings is 1. The zero-order valence-corrected chi connectivity index (χ0v) is 28.4. The van der Waals surface area contributed by atoms with E-state index in [0.29, 0.717) is 12.5 Å². The van der Waals surface area contributed by atoms with Crippen LogP contribution in [0.15, 0.2) is 29.8 Å². The number of hydrogen-bond acceptors (Lipinski definition) is 7. The van der Waals surface area contributed by atoms with E-state index in [1.165, 1.54) is 4.90 Å². The molecule has 1 aliphatic rings. The predicted molar refractivity (Wildman–Crippen MR) is 177 cm³/mol. The largest absolute Gasteiger partial charge is 0.391 e. The molecule has 3 amide bonds. The number of unbranched alkanes of at least 4 members (excludes halogenated alkanes) is 4. The number of nitrogens with one attached hydrogen (secondary N) is 3. The Morgan fingerprint density at radius 3 is 2.30 bits per heavy atom. The lowest BCUT2D eigenvalue weighted by Gasteiger charge is -2.35. The molecule has 1 aromatic carbocycles. The molecule has 2 aromatic rings. The molecule has 0 radical (unpaired) electrons. The van der Waals surface area contributed by atoms with Gasteiger partial charge in [-0.25, -0.2) is 4.98 Å². The van der Waals surface area contributed by atoms with Gasteiger partial charge in [-0.05, 0) is 49.8 Å². The maximum atomic E-state index is 13.9. The fourth-order valence-corrected chi connectivity index (χ4v) is 6.39. The highest BCUT2D eigenvalue weighted by Crippen LogP contribution is 2.29. The number of aliphatic hydroxyl groups is 1. The molecule has 0 aliphatic carbocycles. The second-order valence-electron chi connectivity index (χ2n) is 13.5. The van der Waals surface area contributed by atoms with E-state index in [1.54, 1.807) is 11.3 Å². The Bertz CT molecular complexity index is 1220. The van der Waals surface area contributed by atoms with E-state index in [9.17, 15) is 19.5 Å². The fourth-order valence-electron chi connectivity index (χ4n) is 5.58. The number of carbonyl (C=O) groups is 3. The maximum absolute atomic E-state index is 13.9. The van der Waals surface area contributed by atoms with E-state index in [2.05, 4.69) is 34.8 Å². The van der Waals surface area contributed by atoms with E-state index >= 15 is 0 Å². The van der Waals surface area contributed by atoms with Gasteiger partial charge in [-0.1, -0.05) is 78.1 Å². The molecule has 44 heavy (non-hydrogen) atoms. The Morgan fingerprint density at radius 1 is 1.02 bits per heavy atom. The molecule has 0 saturated carbocycles. The third kappa shape index (κ3) is 10.4. The lowest BCUT2D eigenvalue weighted by Crippen LogP contribution is -2.57. The van der Waals surface area contributed by atoms with Crippen molar-refractivity contribution in [1.29, 1.82) is 0 Å². The number of aryl methyl sites for hydroxylation is 1. The van der Waals surface area contributed by atoms with Crippen LogP contribution in [0.4, 0.5) is 0 Å². The molecular weight excluding hydrogens is 574 g/mol. The lowest BCUT2D eigenvalue weighted by atomic mass is 9.85. The predicted octanol–water partition coefficient (Wildman–Crippen LogP) is 5.13. The van der Waals surface area contributed by atoms with Crippen molar-refractivity contribution in [2.75, 3.05) is 13.1 Å². The quantitative estimate of drug-likeness (QED) is 0.203. The van der Waals surface area contributed by atoms with Crippen molar-refractivity contribution in [2.45, 2.75) is 124 Å². The van der Waals surface area contributed by atoms with Crippen molar-refractivity contribution in [3.05, 3.63) is 41.0 Å². The number of rotatable bonds is 15. The van der Waals surface area contributed by atoms with Crippen LogP contribution in [0.25, 0.3) is 10.4 Å². The number of aliphatic hydroxyl groups excluding tert-OH is 1. The van der Waals surface area contributed by atoms with Crippen LogP contribution in [-0.2, 0) is 14.4 Å². The third-order valence-corrected chi connectivity index (χ3v) is 9.17. The van der Waals surface area contributed by atoms with Crippen molar-refractivity contribution in [2.24, 2.45) is 5.41 Å². The number of benzene rings is 1. The van der Waals surface area contributed by atoms with Gasteiger partial charge in [0.1, 0.15) is 12.1 Å². The van der Waals surface area contributed by atoms with E-state index in [1.807, 2.05) is 64.4 Å². The smallest absolute Gasteiger partial charge is 0.246 e. The summed E-state index contributed by atoms with van der Waals surface area (Å²) in [5.41, 5.74) is 4.26. The zero-order valence-electron chi connectivity index (χ0n) is 27.6. The van der Waals surface area contributed by atoms with Crippen molar-refractivity contribution in [3.8, 4) is 10.4 Å². The Labute approximate surface area is 267 Å². The van der Waals surface area contributed by atoms with Gasteiger partial charge in [0.05, 0.1) is 28.2 Å². The molecule has 9 nitrogen and oxygen atoms in total. The fraction of sp³-hybridized carbons (Fsp3) is 0.647. The van der Waals surface area contributed by atoms with Crippen molar-refractivity contribution < 1.29 is 19.5 Å². The summed E-state index contributed by atoms with van der Waals surface area (Å²) >= 11 is 1.59. The average Bonchev–Trinajstić information content (AvgIpc) is 3.57. The number of carbonyl (C=O) groups excluding carboxylic acids is 3. The van der Waals surface area contributed by atoms with Gasteiger partial charge in [0.2, 0.25) is 17.7 Å². The normalized spacial score (nSPS) is 18.3. The van der Waals surface area contributed by atoms with Gasteiger partial charge in [0.25, 0.3) is 0 Å². The highest BCUT2D eigenvalue weighted by molar-refractivity contribution is 7.13. The molecule has 1 aliphatic heterocycles. The van der Waals surface area contributed by atoms with Crippen molar-refractivity contribution >= 4 is 29.1 Å². The number of nitrogens with zero attached hydrogens (tertiary/aromatic N) is 2. The molecule has 1 unspecified atom stereocenters. The molecule has 1 saturated heterocycles. The van der Waals surface area contributed by atoms with Gasteiger partial charge in [-0.2, -0.15) is 0 Å². The first-order chi connectivity index (χ1) is 20.8. The van der Waals surface area contributed by atoms with Gasteiger partial charge in [-0.15, -0.1) is 11.3 Å². The third-order valence-electron chi connectivity index (χ3n) is 8.19. The van der Waals surface area contributed by atoms with Crippen LogP contribution in [0.3, 0.4) is 0 Å². The molecule has 4 atom stereocenters. The Balaban J connectivity index is 1.56. The van der Waals surface area contributed by atoms with Gasteiger partial charge in [0.15, 0.2) is 0 Å². The standard InChI is InChI=1S/C34H53N5O4S/c1-22(2)35-18-12-10-8-9-11-13-29(41)38-31(34(5,6)7)33(43)39-20-27(40)19-28(39)32(42)37-23(3)25-14-16-26(17-15-25)30-24(4)36-21-44-30/h14-17,21-23,27-28,31,35,40H,8-13,18-20H2,1-7H3,(H,37,42)(H,38,41)/t23-,27+,28?,31+/m0/s1. The van der Waals surface area contributed by atoms with Crippen LogP contribution in [0, 0.1) is 12.3 Å². The lowest BCUT2D eigenvalue weighted by molar-refractivity contribution is -0.144. The van der Waals surface area contributed by atoms with E-state index in [0.717, 1.165) is 60.3 Å². The molecule has 2 heterocycles. The van der Waals surface area contributed by atoms with Crippen LogP contribution in [0.2, 0.25) is 0 Å². The summed E-state index contributed by atoms with van der Waals surface area (Å²) in [6.45, 7) is 15.0. The van der Waals surface area contributed by atoms with Crippen LogP contribution >= 0.6 is 11.3 Å². The summed E-state index contributed by atoms with van der Waals surface area (Å²) < 4.78 is 0. The SMILES string of the molecule is Cc1ncsc1-c1ccc([C@H](C)NC(=O)C2C[C@@H](O)CN2C(=O)[C@@H](NC(=O)CCCCCCCNC(C)C)C(C)(C)C)cc1. The molecule has 4 N–H and O–H groups in total. The minimum absolute atomic E-state index is 0.0579. The van der Waals surface area contributed by atoms with E-state index in [-0.39, 0.29) is 36.7 Å². The highest BCUT2D eigenvalue weighted by atomic mass is 32.1. The first-order valence-electron chi connectivity index (χ1n) is 16.1. The Morgan fingerprint density at radius 2 is 1.68 bits per heavy atom. The first kappa shape index (κ1) is 35.7. The van der Waals surface area contributed by atoms with Crippen LogP contribution < -0.4 is 16.0 Å². The molecule has 0 spiro atoms. The Kier molecular flexibility index (Phi) is 13.4. The topological polar surface area (TPSA) is 124 Å². The molecular formula is C34H53N5O4S. The monoisotopic (exact) mass is 627 g/mol. The summed E-state index contributed by atoms with van der Waals surface area (Å²) in [4.78, 5) is 47.1. The highest BCUT2D eigenvalue weighted by Gasteiger charge is 2.44. The number of aromatic nitrogens is 1. The van der Waals surface area contributed by atoms with E-state index < -0.39 is 23.6 Å². The number of β-amino-alcohol motifs (C(OH)–C–C–N with tert-alkyl or cyclic N) is 1. The van der Waals surface area contributed by atoms with Crippen molar-refractivity contribution in [1.82, 2.24) is 25.8 Å². The summed E-state index contributed by atoms with van der Waals surface area (Å²) in [7, 11) is 0. The van der Waals surface area contributed by atoms with Gasteiger partial charge in [0, 0.05) is 25.4 Å². The second kappa shape index (κ2) is 16.5. The summed E-state index contributed by atoms with van der Waals surface area (Å²) in [5, 5.41) is 19.9. The number of amides is 3. The maximum Gasteiger partial charge on any atom is 0.246 e. The summed E-state index contributed by atoms with van der Waals surface area (Å²) in [6.07, 6.45) is 4.77. The van der Waals surface area contributed by atoms with Gasteiger partial charge >= 0.3 is 0 Å². The van der Waals surface area contributed by atoms with Crippen LogP contribution in [-0.4, -0.2) is 70.0 Å². The number of hydrogen-bond donors (Lipinski definition) is 4. The molecule has 3 rings (SSSR count). The minimum atomic E-state index is -0.814. The molecule has 10 heteroatoms. The first-order valence-corrected chi connectivity index (χ1v) is 17.0. The number of likely N-dealkylation sites (tertiary alicyclic amines) is 1. The summed E-state index contributed by atoms with van der Waals surface area (Å²) in [6, 6.07) is 6.60. The van der Waals surface area contributed by atoms with E-state index in [4.69, 9.17) is 0 Å². The molecule has 1 aromatic heterocycles. The zero-order chi connectivity index (χ0) is 32.4. The molecule has 0 bridgehead atoms. The van der Waals surface area contributed by atoms with Crippen LogP contribution in [0.5, 0.6) is 0 Å². The summed E-state index contributed by atoms with van der Waals surface area (Å²) in [5.74, 6) is -0.810. The average molecular weight is 628 g/mol. The molecule has 1 fully saturated rings. The molecule has 244 valence electrons. The van der Waals surface area contributed by atoms with Gasteiger partial charge in [-0.3, -0.25) is 14.4 Å². The second-order valence-corrected chi connectivity index (χ2v) is 14.4. The minimum Gasteiger partial charge on any atom is -0.391 e. The Hall–Kier alpha value is -2.82. The van der Waals surface area contributed by atoms with Crippen LogP contribution in [0.1, 0.15) is 104 Å². The van der Waals surface area contributed by atoms with Gasteiger partial charge < -0.3 is 26.0 Å².